The molecule has 0 N–H and O–H groups in total. The third kappa shape index (κ3) is 6.99. The second-order valence-electron chi connectivity index (χ2n) is 4.31. The summed E-state index contributed by atoms with van der Waals surface area (Å²) < 4.78 is 0. The van der Waals surface area contributed by atoms with Gasteiger partial charge in [0.1, 0.15) is 0 Å². The molecule has 0 amide bonds. The maximum atomic E-state index is 2.12. The summed E-state index contributed by atoms with van der Waals surface area (Å²) in [5.74, 6) is 0. The van der Waals surface area contributed by atoms with E-state index in [0.717, 1.165) is 0 Å². The first kappa shape index (κ1) is 16.0. The maximum Gasteiger partial charge on any atom is 2.00 e. The van der Waals surface area contributed by atoms with Crippen LogP contribution in [0, 0.1) is 27.7 Å². The molecule has 0 saturated heterocycles. The predicted octanol–water partition coefficient (Wildman–Crippen LogP) is 4.60. The van der Waals surface area contributed by atoms with Crippen molar-refractivity contribution in [1.82, 2.24) is 0 Å². The zero-order chi connectivity index (χ0) is 12.0. The van der Waals surface area contributed by atoms with Crippen molar-refractivity contribution in [1.29, 1.82) is 0 Å². The van der Waals surface area contributed by atoms with E-state index in [1.54, 1.807) is 0 Å². The van der Waals surface area contributed by atoms with Crippen LogP contribution in [-0.2, 0) is 17.1 Å². The third-order valence-corrected chi connectivity index (χ3v) is 2.44. The topological polar surface area (TPSA) is 0 Å². The molecule has 0 spiro atoms. The van der Waals surface area contributed by atoms with E-state index in [2.05, 4.69) is 76.2 Å². The normalized spacial score (nSPS) is 8.71. The van der Waals surface area contributed by atoms with Gasteiger partial charge in [-0.1, -0.05) is 70.8 Å². The Balaban J connectivity index is 0.000000284. The van der Waals surface area contributed by atoms with Crippen LogP contribution >= 0.6 is 0 Å². The van der Waals surface area contributed by atoms with E-state index in [9.17, 15) is 0 Å². The molecule has 0 bridgehead atoms. The monoisotopic (exact) mass is 268 g/mol. The zero-order valence-electron chi connectivity index (χ0n) is 11.0. The molecule has 0 fully saturated rings. The molecule has 0 radical (unpaired) electrons. The van der Waals surface area contributed by atoms with Crippen LogP contribution < -0.4 is 0 Å². The molecule has 0 aliphatic heterocycles. The van der Waals surface area contributed by atoms with Gasteiger partial charge in [0.2, 0.25) is 0 Å². The minimum Gasteiger partial charge on any atom is -0.0591 e. The Morgan fingerprint density at radius 1 is 0.412 bits per heavy atom. The SMILES string of the molecule is Cc1ccc(C)cc1.Cc1ccc(C)cc1.[Fe+2]. The molecule has 2 aromatic carbocycles. The van der Waals surface area contributed by atoms with Gasteiger partial charge in [-0.25, -0.2) is 0 Å². The number of hydrogen-bond acceptors (Lipinski definition) is 0. The van der Waals surface area contributed by atoms with Crippen LogP contribution in [0.15, 0.2) is 48.5 Å². The van der Waals surface area contributed by atoms with Gasteiger partial charge in [-0.3, -0.25) is 0 Å². The molecule has 0 heterocycles. The summed E-state index contributed by atoms with van der Waals surface area (Å²) >= 11 is 0. The van der Waals surface area contributed by atoms with E-state index in [1.165, 1.54) is 22.3 Å². The average Bonchev–Trinajstić information content (AvgIpc) is 2.28. The van der Waals surface area contributed by atoms with Gasteiger partial charge in [-0.05, 0) is 27.7 Å². The molecule has 17 heavy (non-hydrogen) atoms. The van der Waals surface area contributed by atoms with Crippen molar-refractivity contribution in [3.8, 4) is 0 Å². The molecular weight excluding hydrogens is 248 g/mol. The summed E-state index contributed by atoms with van der Waals surface area (Å²) in [5.41, 5.74) is 5.32. The summed E-state index contributed by atoms with van der Waals surface area (Å²) in [5, 5.41) is 0. The molecule has 90 valence electrons. The van der Waals surface area contributed by atoms with Crippen LogP contribution in [0.3, 0.4) is 0 Å². The molecular formula is C16H20Fe+2. The summed E-state index contributed by atoms with van der Waals surface area (Å²) in [6, 6.07) is 17.0. The van der Waals surface area contributed by atoms with E-state index >= 15 is 0 Å². The molecule has 0 aliphatic rings. The fraction of sp³-hybridized carbons (Fsp3) is 0.250. The van der Waals surface area contributed by atoms with Gasteiger partial charge in [0.05, 0.1) is 0 Å². The number of benzene rings is 2. The molecule has 2 rings (SSSR count). The molecule has 0 nitrogen and oxygen atoms in total. The number of rotatable bonds is 0. The van der Waals surface area contributed by atoms with Crippen LogP contribution in [0.5, 0.6) is 0 Å². The van der Waals surface area contributed by atoms with Gasteiger partial charge in [0.25, 0.3) is 0 Å². The van der Waals surface area contributed by atoms with Crippen molar-refractivity contribution in [2.45, 2.75) is 27.7 Å². The Labute approximate surface area is 116 Å². The summed E-state index contributed by atoms with van der Waals surface area (Å²) in [6.07, 6.45) is 0. The van der Waals surface area contributed by atoms with Crippen LogP contribution in [0.25, 0.3) is 0 Å². The fourth-order valence-electron chi connectivity index (χ4n) is 1.27. The van der Waals surface area contributed by atoms with Gasteiger partial charge >= 0.3 is 17.1 Å². The minimum atomic E-state index is 0. The van der Waals surface area contributed by atoms with Crippen LogP contribution in [0.4, 0.5) is 0 Å². The average molecular weight is 268 g/mol. The maximum absolute atomic E-state index is 2.12. The second kappa shape index (κ2) is 8.11. The van der Waals surface area contributed by atoms with Crippen molar-refractivity contribution < 1.29 is 17.1 Å². The summed E-state index contributed by atoms with van der Waals surface area (Å²) in [4.78, 5) is 0. The van der Waals surface area contributed by atoms with Gasteiger partial charge in [0, 0.05) is 0 Å². The van der Waals surface area contributed by atoms with Crippen molar-refractivity contribution in [3.05, 3.63) is 70.8 Å². The fourth-order valence-corrected chi connectivity index (χ4v) is 1.27. The van der Waals surface area contributed by atoms with Crippen LogP contribution in [-0.4, -0.2) is 0 Å². The molecule has 1 heteroatoms. The standard InChI is InChI=1S/2C8H10.Fe/c2*1-7-3-5-8(2)6-4-7;/h2*3-6H,1-2H3;/q;;+2. The van der Waals surface area contributed by atoms with Gasteiger partial charge in [-0.15, -0.1) is 0 Å². The Bertz CT molecular complexity index is 327. The number of aryl methyl sites for hydroxylation is 4. The van der Waals surface area contributed by atoms with Gasteiger partial charge in [0.15, 0.2) is 0 Å². The second-order valence-corrected chi connectivity index (χ2v) is 4.31. The van der Waals surface area contributed by atoms with Crippen molar-refractivity contribution in [2.24, 2.45) is 0 Å². The van der Waals surface area contributed by atoms with E-state index in [-0.39, 0.29) is 17.1 Å². The Hall–Kier alpha value is -1.04. The van der Waals surface area contributed by atoms with E-state index < -0.39 is 0 Å². The van der Waals surface area contributed by atoms with Crippen molar-refractivity contribution in [2.75, 3.05) is 0 Å². The third-order valence-electron chi connectivity index (χ3n) is 2.44. The summed E-state index contributed by atoms with van der Waals surface area (Å²) in [7, 11) is 0. The molecule has 0 atom stereocenters. The first-order chi connectivity index (χ1) is 7.58. The summed E-state index contributed by atoms with van der Waals surface area (Å²) in [6.45, 7) is 8.39. The first-order valence-corrected chi connectivity index (χ1v) is 5.64. The minimum absolute atomic E-state index is 0. The smallest absolute Gasteiger partial charge is 0.0591 e. The molecule has 0 unspecified atom stereocenters. The van der Waals surface area contributed by atoms with Gasteiger partial charge < -0.3 is 0 Å². The molecule has 2 aromatic rings. The predicted molar refractivity (Wildman–Crippen MR) is 71.8 cm³/mol. The van der Waals surface area contributed by atoms with E-state index in [0.29, 0.717) is 0 Å². The molecule has 0 aromatic heterocycles. The zero-order valence-corrected chi connectivity index (χ0v) is 12.1. The van der Waals surface area contributed by atoms with E-state index in [1.807, 2.05) is 0 Å². The molecule has 0 saturated carbocycles. The Morgan fingerprint density at radius 2 is 0.529 bits per heavy atom. The first-order valence-electron chi connectivity index (χ1n) is 5.64. The van der Waals surface area contributed by atoms with Gasteiger partial charge in [-0.2, -0.15) is 0 Å². The van der Waals surface area contributed by atoms with Crippen LogP contribution in [0.2, 0.25) is 0 Å². The Morgan fingerprint density at radius 3 is 0.647 bits per heavy atom. The molecule has 0 aliphatic carbocycles. The van der Waals surface area contributed by atoms with Crippen molar-refractivity contribution >= 4 is 0 Å². The Kier molecular flexibility index (Phi) is 7.61. The van der Waals surface area contributed by atoms with Crippen LogP contribution in [0.1, 0.15) is 22.3 Å². The van der Waals surface area contributed by atoms with E-state index in [4.69, 9.17) is 0 Å². The quantitative estimate of drug-likeness (QED) is 0.612. The number of hydrogen-bond donors (Lipinski definition) is 0. The van der Waals surface area contributed by atoms with Crippen molar-refractivity contribution in [3.63, 3.8) is 0 Å². The largest absolute Gasteiger partial charge is 2.00 e.